The van der Waals surface area contributed by atoms with E-state index in [-0.39, 0.29) is 57.8 Å². The largest absolute Gasteiger partial charge is 0.382 e. The molecule has 0 saturated carbocycles. The van der Waals surface area contributed by atoms with Crippen molar-refractivity contribution in [3.63, 3.8) is 0 Å². The number of aromatic nitrogens is 11. The van der Waals surface area contributed by atoms with E-state index >= 15 is 0 Å². The first kappa shape index (κ1) is 35.5. The van der Waals surface area contributed by atoms with Crippen LogP contribution in [0.3, 0.4) is 0 Å². The summed E-state index contributed by atoms with van der Waals surface area (Å²) in [4.78, 5) is 17.1. The second kappa shape index (κ2) is 13.9. The third-order valence-corrected chi connectivity index (χ3v) is 8.33. The Kier molecular flexibility index (Phi) is 8.96. The second-order valence-corrected chi connectivity index (χ2v) is 12.8. The molecule has 0 spiro atoms. The standard InChI is InChI=1S/C36H33N19/c1-18-9-19(2)12-26(11-18)52-33(25(15-37)16-41-52)48-46-29-22(5)50-54(31(29)38)35-43-24(7)44-36(45-35)55-32(39)30(23(6)51-55)47-49-34-28(40-8)17-42-53(34)27-13-20(3)10-21(4)14-27/h9-14,16-17H,38-39H2,1-7H3. The highest BCUT2D eigenvalue weighted by Gasteiger charge is 2.22. The average Bonchev–Trinajstić information content (AvgIpc) is 3.88. The molecule has 0 aliphatic carbocycles. The lowest BCUT2D eigenvalue weighted by Gasteiger charge is -2.08. The molecule has 2 aromatic carbocycles. The number of benzene rings is 2. The van der Waals surface area contributed by atoms with Crippen LogP contribution in [0.5, 0.6) is 0 Å². The maximum absolute atomic E-state index is 9.79. The predicted molar refractivity (Wildman–Crippen MR) is 203 cm³/mol. The lowest BCUT2D eigenvalue weighted by molar-refractivity contribution is 0.732. The summed E-state index contributed by atoms with van der Waals surface area (Å²) in [5.41, 5.74) is 20.5. The molecule has 0 amide bonds. The number of nitrogen functional groups attached to an aromatic ring is 2. The van der Waals surface area contributed by atoms with Gasteiger partial charge in [-0.05, 0) is 95.0 Å². The molecular formula is C36H33N19. The van der Waals surface area contributed by atoms with Crippen LogP contribution in [0.25, 0.3) is 28.1 Å². The zero-order chi connectivity index (χ0) is 39.1. The molecule has 7 aromatic rings. The van der Waals surface area contributed by atoms with Crippen LogP contribution in [0.1, 0.15) is 45.0 Å². The predicted octanol–water partition coefficient (Wildman–Crippen LogP) is 7.19. The van der Waals surface area contributed by atoms with E-state index < -0.39 is 0 Å². The van der Waals surface area contributed by atoms with Crippen molar-refractivity contribution < 1.29 is 0 Å². The van der Waals surface area contributed by atoms with Crippen LogP contribution in [-0.4, -0.2) is 54.1 Å². The van der Waals surface area contributed by atoms with Gasteiger partial charge in [0.05, 0.1) is 41.7 Å². The molecule has 0 bridgehead atoms. The van der Waals surface area contributed by atoms with Gasteiger partial charge in [0.1, 0.15) is 17.5 Å². The van der Waals surface area contributed by atoms with Crippen LogP contribution in [0.2, 0.25) is 0 Å². The maximum atomic E-state index is 9.79. The van der Waals surface area contributed by atoms with Gasteiger partial charge in [0.15, 0.2) is 34.6 Å². The molecule has 4 N–H and O–H groups in total. The molecule has 19 nitrogen and oxygen atoms in total. The van der Waals surface area contributed by atoms with E-state index in [1.807, 2.05) is 64.1 Å². The molecule has 0 unspecified atom stereocenters. The zero-order valence-electron chi connectivity index (χ0n) is 30.9. The van der Waals surface area contributed by atoms with Crippen LogP contribution in [0.15, 0.2) is 69.2 Å². The molecule has 0 aliphatic heterocycles. The minimum Gasteiger partial charge on any atom is -0.382 e. The highest BCUT2D eigenvalue weighted by atomic mass is 15.5. The number of hydrogen-bond acceptors (Lipinski definition) is 14. The zero-order valence-corrected chi connectivity index (χ0v) is 30.9. The average molecular weight is 732 g/mol. The van der Waals surface area contributed by atoms with E-state index in [1.165, 1.54) is 21.8 Å². The second-order valence-electron chi connectivity index (χ2n) is 12.8. The minimum atomic E-state index is 0.0670. The Balaban J connectivity index is 1.22. The molecule has 0 radical (unpaired) electrons. The van der Waals surface area contributed by atoms with Crippen molar-refractivity contribution in [3.05, 3.63) is 105 Å². The molecule has 5 heterocycles. The minimum absolute atomic E-state index is 0.0670. The summed E-state index contributed by atoms with van der Waals surface area (Å²) in [7, 11) is 0. The smallest absolute Gasteiger partial charge is 0.257 e. The number of anilines is 2. The first-order chi connectivity index (χ1) is 26.3. The van der Waals surface area contributed by atoms with Gasteiger partial charge in [0, 0.05) is 0 Å². The fraction of sp³-hybridized carbons (Fsp3) is 0.194. The quantitative estimate of drug-likeness (QED) is 0.118. The van der Waals surface area contributed by atoms with Gasteiger partial charge in [-0.1, -0.05) is 12.1 Å². The summed E-state index contributed by atoms with van der Waals surface area (Å²) in [6, 6.07) is 14.0. The molecule has 5 aromatic heterocycles. The van der Waals surface area contributed by atoms with E-state index in [4.69, 9.17) is 18.0 Å². The molecule has 19 heteroatoms. The third kappa shape index (κ3) is 6.64. The number of nitriles is 1. The van der Waals surface area contributed by atoms with Crippen molar-refractivity contribution in [1.29, 1.82) is 5.26 Å². The van der Waals surface area contributed by atoms with Crippen LogP contribution >= 0.6 is 0 Å². The van der Waals surface area contributed by atoms with Crippen LogP contribution in [-0.2, 0) is 0 Å². The normalized spacial score (nSPS) is 11.5. The maximum Gasteiger partial charge on any atom is 0.257 e. The first-order valence-electron chi connectivity index (χ1n) is 16.7. The first-order valence-corrected chi connectivity index (χ1v) is 16.7. The van der Waals surface area contributed by atoms with Crippen molar-refractivity contribution in [3.8, 4) is 29.3 Å². The van der Waals surface area contributed by atoms with Crippen molar-refractivity contribution in [2.45, 2.75) is 48.5 Å². The Hall–Kier alpha value is -7.93. The summed E-state index contributed by atoms with van der Waals surface area (Å²) >= 11 is 0. The van der Waals surface area contributed by atoms with Gasteiger partial charge in [0.25, 0.3) is 17.6 Å². The SMILES string of the molecule is [C-]#[N+]c1cnn(-c2cc(C)cc(C)c2)c1N=Nc1c(C)nn(-c2nc(C)nc(-n3nc(C)c(N=Nc4c(C#N)cnn4-c4cc(C)cc(C)c4)c3N)n2)c1N. The van der Waals surface area contributed by atoms with Gasteiger partial charge in [0.2, 0.25) is 0 Å². The highest BCUT2D eigenvalue weighted by molar-refractivity contribution is 5.67. The lowest BCUT2D eigenvalue weighted by Crippen LogP contribution is -2.14. The van der Waals surface area contributed by atoms with Gasteiger partial charge < -0.3 is 11.5 Å². The van der Waals surface area contributed by atoms with Crippen LogP contribution in [0.4, 0.5) is 40.3 Å². The highest BCUT2D eigenvalue weighted by Crippen LogP contribution is 2.36. The summed E-state index contributed by atoms with van der Waals surface area (Å²) < 4.78 is 5.72. The van der Waals surface area contributed by atoms with Crippen LogP contribution in [0, 0.1) is 66.4 Å². The summed E-state index contributed by atoms with van der Waals surface area (Å²) in [6.07, 6.45) is 2.87. The fourth-order valence-corrected chi connectivity index (χ4v) is 6.01. The van der Waals surface area contributed by atoms with Crippen molar-refractivity contribution in [2.75, 3.05) is 11.5 Å². The number of azo groups is 2. The van der Waals surface area contributed by atoms with Gasteiger partial charge in [-0.2, -0.15) is 50.0 Å². The summed E-state index contributed by atoms with van der Waals surface area (Å²) in [6.45, 7) is 20.7. The van der Waals surface area contributed by atoms with Gasteiger partial charge in [-0.3, -0.25) is 0 Å². The molecule has 0 atom stereocenters. The van der Waals surface area contributed by atoms with Gasteiger partial charge in [-0.15, -0.1) is 20.5 Å². The van der Waals surface area contributed by atoms with E-state index in [9.17, 15) is 5.26 Å². The number of aryl methyl sites for hydroxylation is 7. The number of hydrogen-bond donors (Lipinski definition) is 2. The Bertz CT molecular complexity index is 2570. The van der Waals surface area contributed by atoms with Crippen LogP contribution < -0.4 is 11.5 Å². The molecule has 7 rings (SSSR count). The molecule has 0 saturated heterocycles. The van der Waals surface area contributed by atoms with E-state index in [1.54, 1.807) is 30.1 Å². The Morgan fingerprint density at radius 1 is 0.618 bits per heavy atom. The molecule has 0 aliphatic rings. The Morgan fingerprint density at radius 3 is 1.55 bits per heavy atom. The topological polar surface area (TPSA) is 240 Å². The summed E-state index contributed by atoms with van der Waals surface area (Å²) in [5.74, 6) is 1.10. The molecule has 272 valence electrons. The van der Waals surface area contributed by atoms with Crippen molar-refractivity contribution in [2.24, 2.45) is 20.5 Å². The molecular weight excluding hydrogens is 699 g/mol. The Labute approximate surface area is 314 Å². The number of nitrogens with two attached hydrogens (primary N) is 2. The summed E-state index contributed by atoms with van der Waals surface area (Å²) in [5, 5.41) is 45.3. The number of nitrogens with zero attached hydrogens (tertiary/aromatic N) is 17. The van der Waals surface area contributed by atoms with Gasteiger partial charge in [-0.25, -0.2) is 14.2 Å². The fourth-order valence-electron chi connectivity index (χ4n) is 6.01. The lowest BCUT2D eigenvalue weighted by atomic mass is 10.1. The monoisotopic (exact) mass is 731 g/mol. The molecule has 55 heavy (non-hydrogen) atoms. The van der Waals surface area contributed by atoms with E-state index in [0.717, 1.165) is 33.6 Å². The van der Waals surface area contributed by atoms with E-state index in [2.05, 4.69) is 66.7 Å². The van der Waals surface area contributed by atoms with Gasteiger partial charge >= 0.3 is 0 Å². The van der Waals surface area contributed by atoms with Crippen molar-refractivity contribution >= 4 is 40.3 Å². The van der Waals surface area contributed by atoms with E-state index in [0.29, 0.717) is 17.2 Å². The Morgan fingerprint density at radius 2 is 1.07 bits per heavy atom. The third-order valence-electron chi connectivity index (χ3n) is 8.33. The van der Waals surface area contributed by atoms with Crippen molar-refractivity contribution in [1.82, 2.24) is 54.1 Å². The molecule has 0 fully saturated rings. The number of rotatable bonds is 8.